The molecule has 2 fully saturated rings. The highest BCUT2D eigenvalue weighted by atomic mass is 16.5. The summed E-state index contributed by atoms with van der Waals surface area (Å²) in [6.45, 7) is 6.92. The quantitative estimate of drug-likeness (QED) is 0.664. The Kier molecular flexibility index (Phi) is 5.41. The summed E-state index contributed by atoms with van der Waals surface area (Å²) in [7, 11) is 1.44. The Bertz CT molecular complexity index is 616. The van der Waals surface area contributed by atoms with Gasteiger partial charge in [0.05, 0.1) is 12.7 Å². The van der Waals surface area contributed by atoms with Crippen LogP contribution in [0.3, 0.4) is 0 Å². The van der Waals surface area contributed by atoms with Crippen molar-refractivity contribution in [3.8, 4) is 0 Å². The highest BCUT2D eigenvalue weighted by Crippen LogP contribution is 2.50. The van der Waals surface area contributed by atoms with E-state index in [4.69, 9.17) is 4.74 Å². The predicted octanol–water partition coefficient (Wildman–Crippen LogP) is 5.50. The van der Waals surface area contributed by atoms with E-state index in [9.17, 15) is 4.79 Å². The summed E-state index contributed by atoms with van der Waals surface area (Å²) in [6.07, 6.45) is 11.0. The van der Waals surface area contributed by atoms with Crippen molar-refractivity contribution in [1.29, 1.82) is 0 Å². The monoisotopic (exact) mass is 343 g/mol. The van der Waals surface area contributed by atoms with Crippen LogP contribution in [0.5, 0.6) is 0 Å². The molecule has 0 N–H and O–H groups in total. The van der Waals surface area contributed by atoms with Gasteiger partial charge in [-0.3, -0.25) is 0 Å². The zero-order valence-corrected chi connectivity index (χ0v) is 16.3. The van der Waals surface area contributed by atoms with E-state index >= 15 is 0 Å². The van der Waals surface area contributed by atoms with Crippen LogP contribution in [0.15, 0.2) is 18.2 Å². The molecule has 1 heterocycles. The van der Waals surface area contributed by atoms with Crippen molar-refractivity contribution in [2.75, 3.05) is 12.0 Å². The van der Waals surface area contributed by atoms with E-state index in [1.54, 1.807) is 0 Å². The second kappa shape index (κ2) is 7.39. The van der Waals surface area contributed by atoms with Gasteiger partial charge >= 0.3 is 5.97 Å². The average Bonchev–Trinajstić information content (AvgIpc) is 2.82. The summed E-state index contributed by atoms with van der Waals surface area (Å²) in [4.78, 5) is 14.4. The summed E-state index contributed by atoms with van der Waals surface area (Å²) >= 11 is 0. The van der Waals surface area contributed by atoms with Gasteiger partial charge in [-0.05, 0) is 69.2 Å². The Labute approximate surface area is 152 Å². The third-order valence-corrected chi connectivity index (χ3v) is 6.73. The first-order valence-electron chi connectivity index (χ1n) is 9.96. The summed E-state index contributed by atoms with van der Waals surface area (Å²) in [5.41, 5.74) is 3.56. The smallest absolute Gasteiger partial charge is 0.337 e. The Morgan fingerprint density at radius 3 is 2.36 bits per heavy atom. The molecule has 1 aromatic rings. The normalized spacial score (nSPS) is 26.3. The van der Waals surface area contributed by atoms with Crippen LogP contribution in [0.25, 0.3) is 0 Å². The van der Waals surface area contributed by atoms with E-state index in [-0.39, 0.29) is 5.97 Å². The maximum atomic E-state index is 11.8. The molecule has 3 nitrogen and oxygen atoms in total. The SMILES string of the molecule is COC(=O)c1ccc(N2C(C)CC3(CCCCCCC3)C2C)c(C)c1. The van der Waals surface area contributed by atoms with Crippen LogP contribution in [0.1, 0.15) is 81.1 Å². The fraction of sp³-hybridized carbons (Fsp3) is 0.682. The van der Waals surface area contributed by atoms with Crippen LogP contribution in [0, 0.1) is 12.3 Å². The standard InChI is InChI=1S/C22H33NO2/c1-16-14-19(21(24)25-4)10-11-20(16)23-17(2)15-22(18(23)3)12-8-6-5-7-9-13-22/h10-11,14,17-18H,5-9,12-13,15H2,1-4H3. The molecule has 2 unspecified atom stereocenters. The number of carbonyl (C=O) groups excluding carboxylic acids is 1. The fourth-order valence-electron chi connectivity index (χ4n) is 5.40. The maximum Gasteiger partial charge on any atom is 0.337 e. The van der Waals surface area contributed by atoms with Crippen molar-refractivity contribution < 1.29 is 9.53 Å². The summed E-state index contributed by atoms with van der Waals surface area (Å²) < 4.78 is 4.86. The Morgan fingerprint density at radius 1 is 1.12 bits per heavy atom. The first kappa shape index (κ1) is 18.3. The van der Waals surface area contributed by atoms with E-state index < -0.39 is 0 Å². The van der Waals surface area contributed by atoms with Crippen LogP contribution in [-0.4, -0.2) is 25.2 Å². The van der Waals surface area contributed by atoms with Gasteiger partial charge in [0.1, 0.15) is 0 Å². The minimum atomic E-state index is -0.256. The van der Waals surface area contributed by atoms with Gasteiger partial charge in [0.2, 0.25) is 0 Å². The summed E-state index contributed by atoms with van der Waals surface area (Å²) in [6, 6.07) is 7.12. The van der Waals surface area contributed by atoms with E-state index in [2.05, 4.69) is 31.7 Å². The number of hydrogen-bond acceptors (Lipinski definition) is 3. The van der Waals surface area contributed by atoms with E-state index in [0.717, 1.165) is 0 Å². The second-order valence-electron chi connectivity index (χ2n) is 8.26. The predicted molar refractivity (Wildman–Crippen MR) is 103 cm³/mol. The highest BCUT2D eigenvalue weighted by molar-refractivity contribution is 5.90. The van der Waals surface area contributed by atoms with Gasteiger partial charge in [0, 0.05) is 17.8 Å². The van der Waals surface area contributed by atoms with Crippen molar-refractivity contribution in [3.63, 3.8) is 0 Å². The number of aryl methyl sites for hydroxylation is 1. The van der Waals surface area contributed by atoms with Crippen LogP contribution in [0.2, 0.25) is 0 Å². The zero-order valence-electron chi connectivity index (χ0n) is 16.3. The van der Waals surface area contributed by atoms with Gasteiger partial charge in [-0.25, -0.2) is 4.79 Å². The van der Waals surface area contributed by atoms with Gasteiger partial charge in [-0.15, -0.1) is 0 Å². The largest absolute Gasteiger partial charge is 0.465 e. The molecular weight excluding hydrogens is 310 g/mol. The van der Waals surface area contributed by atoms with Crippen molar-refractivity contribution in [2.45, 2.75) is 84.2 Å². The molecule has 0 aromatic heterocycles. The lowest BCUT2D eigenvalue weighted by Gasteiger charge is -2.39. The van der Waals surface area contributed by atoms with E-state index in [0.29, 0.717) is 23.1 Å². The molecule has 0 radical (unpaired) electrons. The molecule has 2 aliphatic rings. The molecule has 138 valence electrons. The topological polar surface area (TPSA) is 29.5 Å². The molecule has 1 aliphatic heterocycles. The van der Waals surface area contributed by atoms with Crippen LogP contribution < -0.4 is 4.90 Å². The number of methoxy groups -OCH3 is 1. The first-order valence-corrected chi connectivity index (χ1v) is 9.96. The molecular formula is C22H33NO2. The zero-order chi connectivity index (χ0) is 18.0. The molecule has 3 heteroatoms. The maximum absolute atomic E-state index is 11.8. The number of rotatable bonds is 2. The third kappa shape index (κ3) is 3.43. The van der Waals surface area contributed by atoms with E-state index in [1.807, 2.05) is 12.1 Å². The highest BCUT2D eigenvalue weighted by Gasteiger charge is 2.47. The molecule has 1 saturated heterocycles. The number of carbonyl (C=O) groups is 1. The number of nitrogens with zero attached hydrogens (tertiary/aromatic N) is 1. The van der Waals surface area contributed by atoms with Gasteiger partial charge in [-0.2, -0.15) is 0 Å². The number of esters is 1. The Hall–Kier alpha value is -1.51. The van der Waals surface area contributed by atoms with Gasteiger partial charge < -0.3 is 9.64 Å². The molecule has 1 saturated carbocycles. The van der Waals surface area contributed by atoms with E-state index in [1.165, 1.54) is 69.7 Å². The molecule has 0 bridgehead atoms. The van der Waals surface area contributed by atoms with Gasteiger partial charge in [0.25, 0.3) is 0 Å². The van der Waals surface area contributed by atoms with Crippen LogP contribution in [0.4, 0.5) is 5.69 Å². The summed E-state index contributed by atoms with van der Waals surface area (Å²) in [5, 5.41) is 0. The first-order chi connectivity index (χ1) is 12.0. The molecule has 3 rings (SSSR count). The lowest BCUT2D eigenvalue weighted by molar-refractivity contribution is 0.0600. The minimum absolute atomic E-state index is 0.256. The Balaban J connectivity index is 1.88. The molecule has 0 amide bonds. The van der Waals surface area contributed by atoms with Crippen LogP contribution >= 0.6 is 0 Å². The van der Waals surface area contributed by atoms with Gasteiger partial charge in [-0.1, -0.05) is 32.1 Å². The average molecular weight is 344 g/mol. The molecule has 1 spiro atoms. The minimum Gasteiger partial charge on any atom is -0.465 e. The number of ether oxygens (including phenoxy) is 1. The lowest BCUT2D eigenvalue weighted by atomic mass is 9.71. The van der Waals surface area contributed by atoms with Crippen molar-refractivity contribution in [2.24, 2.45) is 5.41 Å². The summed E-state index contributed by atoms with van der Waals surface area (Å²) in [5.74, 6) is -0.256. The van der Waals surface area contributed by atoms with Crippen LogP contribution in [-0.2, 0) is 4.74 Å². The fourth-order valence-corrected chi connectivity index (χ4v) is 5.40. The van der Waals surface area contributed by atoms with Crippen molar-refractivity contribution in [1.82, 2.24) is 0 Å². The number of benzene rings is 1. The number of anilines is 1. The van der Waals surface area contributed by atoms with Crippen molar-refractivity contribution in [3.05, 3.63) is 29.3 Å². The molecule has 25 heavy (non-hydrogen) atoms. The second-order valence-corrected chi connectivity index (χ2v) is 8.26. The lowest BCUT2D eigenvalue weighted by Crippen LogP contribution is -2.39. The number of hydrogen-bond donors (Lipinski definition) is 0. The molecule has 1 aliphatic carbocycles. The Morgan fingerprint density at radius 2 is 1.76 bits per heavy atom. The molecule has 2 atom stereocenters. The van der Waals surface area contributed by atoms with Crippen molar-refractivity contribution >= 4 is 11.7 Å². The molecule has 1 aromatic carbocycles. The third-order valence-electron chi connectivity index (χ3n) is 6.73. The van der Waals surface area contributed by atoms with Gasteiger partial charge in [0.15, 0.2) is 0 Å².